The molecule has 0 aliphatic carbocycles. The van der Waals surface area contributed by atoms with Crippen molar-refractivity contribution in [1.82, 2.24) is 15.2 Å². The Morgan fingerprint density at radius 3 is 2.35 bits per heavy atom. The van der Waals surface area contributed by atoms with Crippen LogP contribution < -0.4 is 5.32 Å². The molecule has 0 aliphatic heterocycles. The van der Waals surface area contributed by atoms with E-state index in [0.29, 0.717) is 30.1 Å². The molecular formula is C25H30ClN3O2. The van der Waals surface area contributed by atoms with Crippen molar-refractivity contribution in [2.24, 2.45) is 5.92 Å². The Balaban J connectivity index is 1.68. The number of amides is 1. The molecule has 6 heteroatoms. The van der Waals surface area contributed by atoms with Crippen molar-refractivity contribution in [3.05, 3.63) is 88.6 Å². The fraction of sp³-hybridized carbons (Fsp3) is 0.360. The van der Waals surface area contributed by atoms with E-state index >= 15 is 0 Å². The van der Waals surface area contributed by atoms with Crippen LogP contribution in [0.4, 0.5) is 0 Å². The lowest BCUT2D eigenvalue weighted by molar-refractivity contribution is 0.0934. The number of hydrogen-bond donors (Lipinski definition) is 1. The summed E-state index contributed by atoms with van der Waals surface area (Å²) in [5.41, 5.74) is 2.50. The van der Waals surface area contributed by atoms with Crippen LogP contribution in [0.5, 0.6) is 0 Å². The standard InChI is InChI=1S/C25H30ClN3O2/c1-17(2)19(4)29(14-20-10-12-22(26)13-11-20)15-24-28-23(16-31-24)25(30)27-18(3)21-8-6-5-7-9-21/h5-13,16-19H,14-15H2,1-4H3,(H,27,30)/t18-,19-/m0/s1. The molecule has 0 radical (unpaired) electrons. The van der Waals surface area contributed by atoms with Gasteiger partial charge in [0.15, 0.2) is 5.69 Å². The molecule has 3 aromatic rings. The Morgan fingerprint density at radius 1 is 1.03 bits per heavy atom. The number of carbonyl (C=O) groups excluding carboxylic acids is 1. The second kappa shape index (κ2) is 10.6. The molecule has 1 N–H and O–H groups in total. The van der Waals surface area contributed by atoms with Crippen LogP contribution in [-0.4, -0.2) is 21.8 Å². The van der Waals surface area contributed by atoms with Gasteiger partial charge in [-0.25, -0.2) is 4.98 Å². The number of rotatable bonds is 9. The maximum Gasteiger partial charge on any atom is 0.273 e. The fourth-order valence-electron chi connectivity index (χ4n) is 3.35. The highest BCUT2D eigenvalue weighted by atomic mass is 35.5. The summed E-state index contributed by atoms with van der Waals surface area (Å²) in [6, 6.07) is 17.9. The topological polar surface area (TPSA) is 58.4 Å². The minimum atomic E-state index is -0.243. The quantitative estimate of drug-likeness (QED) is 0.453. The van der Waals surface area contributed by atoms with Gasteiger partial charge in [0.25, 0.3) is 5.91 Å². The van der Waals surface area contributed by atoms with Crippen LogP contribution in [0.2, 0.25) is 5.02 Å². The molecule has 164 valence electrons. The van der Waals surface area contributed by atoms with Gasteiger partial charge in [-0.3, -0.25) is 9.69 Å². The second-order valence-electron chi connectivity index (χ2n) is 8.25. The van der Waals surface area contributed by atoms with Gasteiger partial charge in [-0.1, -0.05) is 67.9 Å². The van der Waals surface area contributed by atoms with Crippen molar-refractivity contribution in [2.45, 2.75) is 52.9 Å². The first kappa shape index (κ1) is 23.0. The lowest BCUT2D eigenvalue weighted by Gasteiger charge is -2.30. The zero-order valence-electron chi connectivity index (χ0n) is 18.5. The number of nitrogens with one attached hydrogen (secondary N) is 1. The van der Waals surface area contributed by atoms with Gasteiger partial charge < -0.3 is 9.73 Å². The Hall–Kier alpha value is -2.63. The van der Waals surface area contributed by atoms with E-state index < -0.39 is 0 Å². The third-order valence-corrected chi connectivity index (χ3v) is 5.86. The van der Waals surface area contributed by atoms with Gasteiger partial charge in [0, 0.05) is 17.6 Å². The SMILES string of the molecule is CC(C)[C@H](C)N(Cc1ccc(Cl)cc1)Cc1nc(C(=O)N[C@@H](C)c2ccccc2)co1. The minimum Gasteiger partial charge on any atom is -0.447 e. The summed E-state index contributed by atoms with van der Waals surface area (Å²) in [5.74, 6) is 0.739. The van der Waals surface area contributed by atoms with E-state index in [1.54, 1.807) is 0 Å². The lowest BCUT2D eigenvalue weighted by atomic mass is 10.0. The molecule has 1 heterocycles. The summed E-state index contributed by atoms with van der Waals surface area (Å²) in [7, 11) is 0. The van der Waals surface area contributed by atoms with E-state index in [0.717, 1.165) is 22.7 Å². The smallest absolute Gasteiger partial charge is 0.273 e. The molecule has 0 spiro atoms. The van der Waals surface area contributed by atoms with E-state index in [2.05, 4.69) is 36.0 Å². The van der Waals surface area contributed by atoms with E-state index in [1.165, 1.54) is 6.26 Å². The third-order valence-electron chi connectivity index (χ3n) is 5.61. The number of nitrogens with zero attached hydrogens (tertiary/aromatic N) is 2. The van der Waals surface area contributed by atoms with Gasteiger partial charge in [-0.15, -0.1) is 0 Å². The Bertz CT molecular complexity index is 970. The Labute approximate surface area is 189 Å². The van der Waals surface area contributed by atoms with Crippen LogP contribution in [0.25, 0.3) is 0 Å². The average Bonchev–Trinajstić information content (AvgIpc) is 3.23. The van der Waals surface area contributed by atoms with Gasteiger partial charge in [0.1, 0.15) is 6.26 Å². The van der Waals surface area contributed by atoms with Gasteiger partial charge in [0.2, 0.25) is 5.89 Å². The zero-order chi connectivity index (χ0) is 22.4. The Kier molecular flexibility index (Phi) is 7.88. The van der Waals surface area contributed by atoms with Crippen LogP contribution >= 0.6 is 11.6 Å². The third kappa shape index (κ3) is 6.42. The molecular weight excluding hydrogens is 410 g/mol. The number of benzene rings is 2. The highest BCUT2D eigenvalue weighted by molar-refractivity contribution is 6.30. The molecule has 2 aromatic carbocycles. The van der Waals surface area contributed by atoms with Crippen molar-refractivity contribution in [3.8, 4) is 0 Å². The monoisotopic (exact) mass is 439 g/mol. The molecule has 5 nitrogen and oxygen atoms in total. The summed E-state index contributed by atoms with van der Waals surface area (Å²) in [6.45, 7) is 9.79. The molecule has 1 amide bonds. The van der Waals surface area contributed by atoms with Crippen LogP contribution in [0.1, 0.15) is 61.2 Å². The van der Waals surface area contributed by atoms with Crippen LogP contribution in [0.3, 0.4) is 0 Å². The molecule has 0 unspecified atom stereocenters. The molecule has 31 heavy (non-hydrogen) atoms. The predicted molar refractivity (Wildman–Crippen MR) is 124 cm³/mol. The summed E-state index contributed by atoms with van der Waals surface area (Å²) < 4.78 is 5.66. The van der Waals surface area contributed by atoms with E-state index in [-0.39, 0.29) is 11.9 Å². The maximum atomic E-state index is 12.6. The fourth-order valence-corrected chi connectivity index (χ4v) is 3.47. The van der Waals surface area contributed by atoms with Crippen molar-refractivity contribution in [3.63, 3.8) is 0 Å². The largest absolute Gasteiger partial charge is 0.447 e. The zero-order valence-corrected chi connectivity index (χ0v) is 19.3. The van der Waals surface area contributed by atoms with Crippen LogP contribution in [-0.2, 0) is 13.1 Å². The molecule has 0 saturated heterocycles. The molecule has 0 bridgehead atoms. The normalized spacial score (nSPS) is 13.4. The molecule has 1 aromatic heterocycles. The van der Waals surface area contributed by atoms with Crippen molar-refractivity contribution in [2.75, 3.05) is 0 Å². The van der Waals surface area contributed by atoms with Crippen molar-refractivity contribution in [1.29, 1.82) is 0 Å². The minimum absolute atomic E-state index is 0.115. The summed E-state index contributed by atoms with van der Waals surface area (Å²) in [6.07, 6.45) is 1.43. The van der Waals surface area contributed by atoms with E-state index in [4.69, 9.17) is 16.0 Å². The highest BCUT2D eigenvalue weighted by Crippen LogP contribution is 2.20. The summed E-state index contributed by atoms with van der Waals surface area (Å²) in [4.78, 5) is 19.4. The molecule has 0 saturated carbocycles. The number of hydrogen-bond acceptors (Lipinski definition) is 4. The van der Waals surface area contributed by atoms with Gasteiger partial charge in [-0.05, 0) is 43.0 Å². The Morgan fingerprint density at radius 2 is 1.71 bits per heavy atom. The molecule has 0 fully saturated rings. The number of aromatic nitrogens is 1. The second-order valence-corrected chi connectivity index (χ2v) is 8.68. The lowest BCUT2D eigenvalue weighted by Crippen LogP contribution is -2.36. The first-order valence-corrected chi connectivity index (χ1v) is 11.0. The average molecular weight is 440 g/mol. The summed E-state index contributed by atoms with van der Waals surface area (Å²) in [5, 5.41) is 3.70. The van der Waals surface area contributed by atoms with E-state index in [9.17, 15) is 4.79 Å². The van der Waals surface area contributed by atoms with Gasteiger partial charge in [0.05, 0.1) is 12.6 Å². The highest BCUT2D eigenvalue weighted by Gasteiger charge is 2.22. The molecule has 2 atom stereocenters. The molecule has 3 rings (SSSR count). The van der Waals surface area contributed by atoms with Gasteiger partial charge in [-0.2, -0.15) is 0 Å². The summed E-state index contributed by atoms with van der Waals surface area (Å²) >= 11 is 6.02. The van der Waals surface area contributed by atoms with Crippen molar-refractivity contribution >= 4 is 17.5 Å². The molecule has 0 aliphatic rings. The van der Waals surface area contributed by atoms with Gasteiger partial charge >= 0.3 is 0 Å². The van der Waals surface area contributed by atoms with Crippen molar-refractivity contribution < 1.29 is 9.21 Å². The first-order valence-electron chi connectivity index (χ1n) is 10.6. The van der Waals surface area contributed by atoms with E-state index in [1.807, 2.05) is 61.5 Å². The number of halogens is 1. The van der Waals surface area contributed by atoms with Crippen LogP contribution in [0.15, 0.2) is 65.3 Å². The number of carbonyl (C=O) groups is 1. The maximum absolute atomic E-state index is 12.6. The first-order chi connectivity index (χ1) is 14.8. The predicted octanol–water partition coefficient (Wildman–Crippen LogP) is 5.87. The van der Waals surface area contributed by atoms with Crippen LogP contribution in [0, 0.1) is 5.92 Å². The number of oxazole rings is 1.